The summed E-state index contributed by atoms with van der Waals surface area (Å²) in [5, 5.41) is 6.48. The molecule has 1 aromatic heterocycles. The SMILES string of the molecule is CN=C(NCCCOCc1ccco1)NCCOCC1CCCO1.I. The molecule has 1 aliphatic rings. The van der Waals surface area contributed by atoms with Gasteiger partial charge in [0.25, 0.3) is 0 Å². The number of halogens is 1. The molecule has 2 N–H and O–H groups in total. The lowest BCUT2D eigenvalue weighted by Crippen LogP contribution is -2.39. The van der Waals surface area contributed by atoms with Gasteiger partial charge in [0.05, 0.1) is 25.6 Å². The Kier molecular flexibility index (Phi) is 12.7. The van der Waals surface area contributed by atoms with Crippen LogP contribution in [0.25, 0.3) is 0 Å². The molecule has 25 heavy (non-hydrogen) atoms. The van der Waals surface area contributed by atoms with Crippen molar-refractivity contribution in [3.63, 3.8) is 0 Å². The monoisotopic (exact) mass is 467 g/mol. The molecule has 1 saturated heterocycles. The molecule has 1 unspecified atom stereocenters. The van der Waals surface area contributed by atoms with Crippen LogP contribution in [0, 0.1) is 0 Å². The molecule has 0 bridgehead atoms. The van der Waals surface area contributed by atoms with Crippen LogP contribution in [-0.2, 0) is 20.8 Å². The van der Waals surface area contributed by atoms with Crippen LogP contribution in [-0.4, -0.2) is 58.6 Å². The number of nitrogens with zero attached hydrogens (tertiary/aromatic N) is 1. The molecular formula is C17H30IN3O4. The van der Waals surface area contributed by atoms with Crippen LogP contribution in [0.15, 0.2) is 27.8 Å². The molecule has 1 aromatic rings. The van der Waals surface area contributed by atoms with E-state index in [2.05, 4.69) is 15.6 Å². The highest BCUT2D eigenvalue weighted by atomic mass is 127. The van der Waals surface area contributed by atoms with Crippen LogP contribution < -0.4 is 10.6 Å². The summed E-state index contributed by atoms with van der Waals surface area (Å²) in [6, 6.07) is 3.77. The van der Waals surface area contributed by atoms with Gasteiger partial charge in [-0.05, 0) is 31.4 Å². The van der Waals surface area contributed by atoms with Gasteiger partial charge in [-0.1, -0.05) is 0 Å². The van der Waals surface area contributed by atoms with E-state index in [1.807, 2.05) is 12.1 Å². The third kappa shape index (κ3) is 10.0. The number of guanidine groups is 1. The summed E-state index contributed by atoms with van der Waals surface area (Å²) < 4.78 is 21.8. The fraction of sp³-hybridized carbons (Fsp3) is 0.706. The molecule has 0 aliphatic carbocycles. The Hall–Kier alpha value is -0.840. The van der Waals surface area contributed by atoms with E-state index in [4.69, 9.17) is 18.6 Å². The van der Waals surface area contributed by atoms with E-state index in [-0.39, 0.29) is 30.1 Å². The molecule has 0 amide bonds. The topological polar surface area (TPSA) is 77.3 Å². The summed E-state index contributed by atoms with van der Waals surface area (Å²) >= 11 is 0. The number of rotatable bonds is 11. The molecule has 8 heteroatoms. The molecule has 0 radical (unpaired) electrons. The Morgan fingerprint density at radius 2 is 2.16 bits per heavy atom. The first-order chi connectivity index (χ1) is 11.9. The van der Waals surface area contributed by atoms with Crippen molar-refractivity contribution in [1.82, 2.24) is 10.6 Å². The summed E-state index contributed by atoms with van der Waals surface area (Å²) in [7, 11) is 1.76. The quantitative estimate of drug-likeness (QED) is 0.225. The van der Waals surface area contributed by atoms with Crippen LogP contribution >= 0.6 is 24.0 Å². The van der Waals surface area contributed by atoms with Gasteiger partial charge in [0.1, 0.15) is 12.4 Å². The summed E-state index contributed by atoms with van der Waals surface area (Å²) in [5.74, 6) is 1.63. The summed E-state index contributed by atoms with van der Waals surface area (Å²) in [6.07, 6.45) is 5.09. The van der Waals surface area contributed by atoms with E-state index in [0.29, 0.717) is 26.4 Å². The van der Waals surface area contributed by atoms with Crippen LogP contribution in [0.5, 0.6) is 0 Å². The average Bonchev–Trinajstić information content (AvgIpc) is 3.29. The van der Waals surface area contributed by atoms with Gasteiger partial charge >= 0.3 is 0 Å². The lowest BCUT2D eigenvalue weighted by Gasteiger charge is -2.13. The molecule has 1 atom stereocenters. The van der Waals surface area contributed by atoms with Gasteiger partial charge in [-0.25, -0.2) is 0 Å². The van der Waals surface area contributed by atoms with Crippen molar-refractivity contribution in [2.75, 3.05) is 46.6 Å². The highest BCUT2D eigenvalue weighted by Crippen LogP contribution is 2.11. The fourth-order valence-corrected chi connectivity index (χ4v) is 2.40. The largest absolute Gasteiger partial charge is 0.467 e. The number of hydrogen-bond acceptors (Lipinski definition) is 5. The van der Waals surface area contributed by atoms with Gasteiger partial charge in [0.2, 0.25) is 0 Å². The van der Waals surface area contributed by atoms with Crippen molar-refractivity contribution >= 4 is 29.9 Å². The number of furan rings is 1. The van der Waals surface area contributed by atoms with Crippen molar-refractivity contribution in [1.29, 1.82) is 0 Å². The molecule has 2 rings (SSSR count). The number of nitrogens with one attached hydrogen (secondary N) is 2. The number of ether oxygens (including phenoxy) is 3. The molecule has 0 saturated carbocycles. The fourth-order valence-electron chi connectivity index (χ4n) is 2.40. The van der Waals surface area contributed by atoms with Crippen molar-refractivity contribution in [3.05, 3.63) is 24.2 Å². The molecule has 0 aromatic carbocycles. The van der Waals surface area contributed by atoms with Gasteiger partial charge in [-0.15, -0.1) is 24.0 Å². The van der Waals surface area contributed by atoms with Crippen molar-refractivity contribution in [2.45, 2.75) is 32.0 Å². The predicted octanol–water partition coefficient (Wildman–Crippen LogP) is 2.16. The van der Waals surface area contributed by atoms with Gasteiger partial charge in [0, 0.05) is 33.4 Å². The molecule has 1 aliphatic heterocycles. The Labute approximate surface area is 166 Å². The highest BCUT2D eigenvalue weighted by Gasteiger charge is 2.14. The van der Waals surface area contributed by atoms with Crippen LogP contribution in [0.2, 0.25) is 0 Å². The molecule has 1 fully saturated rings. The smallest absolute Gasteiger partial charge is 0.191 e. The summed E-state index contributed by atoms with van der Waals surface area (Å²) in [6.45, 7) is 4.91. The third-order valence-electron chi connectivity index (χ3n) is 3.67. The van der Waals surface area contributed by atoms with Crippen molar-refractivity contribution in [3.8, 4) is 0 Å². The molecule has 144 valence electrons. The lowest BCUT2D eigenvalue weighted by molar-refractivity contribution is 0.0191. The first-order valence-electron chi connectivity index (χ1n) is 8.62. The third-order valence-corrected chi connectivity index (χ3v) is 3.67. The van der Waals surface area contributed by atoms with E-state index in [0.717, 1.165) is 50.7 Å². The zero-order valence-electron chi connectivity index (χ0n) is 14.9. The van der Waals surface area contributed by atoms with E-state index in [1.54, 1.807) is 13.3 Å². The van der Waals surface area contributed by atoms with E-state index >= 15 is 0 Å². The maximum Gasteiger partial charge on any atom is 0.191 e. The van der Waals surface area contributed by atoms with Crippen molar-refractivity contribution in [2.24, 2.45) is 4.99 Å². The van der Waals surface area contributed by atoms with Crippen LogP contribution in [0.1, 0.15) is 25.0 Å². The molecule has 0 spiro atoms. The number of hydrogen-bond donors (Lipinski definition) is 2. The highest BCUT2D eigenvalue weighted by molar-refractivity contribution is 14.0. The second kappa shape index (κ2) is 14.3. The van der Waals surface area contributed by atoms with E-state index in [1.165, 1.54) is 0 Å². The average molecular weight is 467 g/mol. The van der Waals surface area contributed by atoms with Crippen LogP contribution in [0.3, 0.4) is 0 Å². The van der Waals surface area contributed by atoms with E-state index < -0.39 is 0 Å². The van der Waals surface area contributed by atoms with Crippen LogP contribution in [0.4, 0.5) is 0 Å². The van der Waals surface area contributed by atoms with Gasteiger partial charge in [-0.3, -0.25) is 4.99 Å². The second-order valence-corrected chi connectivity index (χ2v) is 5.62. The van der Waals surface area contributed by atoms with Crippen molar-refractivity contribution < 1.29 is 18.6 Å². The standard InChI is InChI=1S/C17H29N3O4.HI/c1-18-17(20-8-12-22-14-16-6-3-11-24-16)19-7-4-9-21-13-15-5-2-10-23-15;/h2,5,10,16H,3-4,6-9,11-14H2,1H3,(H2,18,19,20);1H. The molecule has 7 nitrogen and oxygen atoms in total. The summed E-state index contributed by atoms with van der Waals surface area (Å²) in [5.41, 5.74) is 0. The first-order valence-corrected chi connectivity index (χ1v) is 8.62. The maximum atomic E-state index is 5.61. The summed E-state index contributed by atoms with van der Waals surface area (Å²) in [4.78, 5) is 4.18. The van der Waals surface area contributed by atoms with Gasteiger partial charge in [0.15, 0.2) is 5.96 Å². The predicted molar refractivity (Wildman–Crippen MR) is 108 cm³/mol. The van der Waals surface area contributed by atoms with E-state index in [9.17, 15) is 0 Å². The Morgan fingerprint density at radius 1 is 1.28 bits per heavy atom. The zero-order valence-corrected chi connectivity index (χ0v) is 17.2. The molecule has 2 heterocycles. The minimum atomic E-state index is 0. The Morgan fingerprint density at radius 3 is 2.88 bits per heavy atom. The lowest BCUT2D eigenvalue weighted by atomic mass is 10.2. The van der Waals surface area contributed by atoms with Gasteiger partial charge < -0.3 is 29.3 Å². The first kappa shape index (κ1) is 22.2. The maximum absolute atomic E-state index is 5.61. The minimum Gasteiger partial charge on any atom is -0.467 e. The zero-order chi connectivity index (χ0) is 16.9. The molecular weight excluding hydrogens is 437 g/mol. The minimum absolute atomic E-state index is 0. The second-order valence-electron chi connectivity index (χ2n) is 5.62. The normalized spacial score (nSPS) is 17.3. The Balaban J connectivity index is 0.00000312. The Bertz CT molecular complexity index is 451. The number of aliphatic imine (C=N–C) groups is 1. The van der Waals surface area contributed by atoms with Gasteiger partial charge in [-0.2, -0.15) is 0 Å².